The number of aromatic nitrogens is 7. The Kier molecular flexibility index (Phi) is 2.81. The Hall–Kier alpha value is -2.90. The van der Waals surface area contributed by atoms with Gasteiger partial charge in [0.25, 0.3) is 0 Å². The van der Waals surface area contributed by atoms with Gasteiger partial charge in [-0.1, -0.05) is 23.4 Å². The molecule has 8 nitrogen and oxygen atoms in total. The molecule has 0 saturated heterocycles. The first-order chi connectivity index (χ1) is 9.36. The minimum Gasteiger partial charge on any atom is -0.296 e. The zero-order valence-corrected chi connectivity index (χ0v) is 9.79. The first kappa shape index (κ1) is 11.2. The summed E-state index contributed by atoms with van der Waals surface area (Å²) >= 11 is 0. The maximum atomic E-state index is 10.5. The molecule has 1 aromatic carbocycles. The third-order valence-corrected chi connectivity index (χ3v) is 2.52. The molecule has 0 fully saturated rings. The molecule has 8 heteroatoms. The highest BCUT2D eigenvalue weighted by molar-refractivity contribution is 5.70. The van der Waals surface area contributed by atoms with Crippen molar-refractivity contribution in [3.8, 4) is 5.69 Å². The number of rotatable bonds is 4. The van der Waals surface area contributed by atoms with Gasteiger partial charge in [-0.3, -0.25) is 4.79 Å². The van der Waals surface area contributed by atoms with E-state index >= 15 is 0 Å². The number of tetrazole rings is 1. The van der Waals surface area contributed by atoms with Crippen LogP contribution in [-0.4, -0.2) is 41.5 Å². The Morgan fingerprint density at radius 3 is 2.68 bits per heavy atom. The van der Waals surface area contributed by atoms with Crippen LogP contribution in [0, 0.1) is 0 Å². The summed E-state index contributed by atoms with van der Waals surface area (Å²) in [6, 6.07) is 9.53. The highest BCUT2D eigenvalue weighted by Gasteiger charge is 2.09. The molecule has 3 rings (SSSR count). The van der Waals surface area contributed by atoms with Crippen LogP contribution in [0.5, 0.6) is 0 Å². The molecule has 0 bridgehead atoms. The topological polar surface area (TPSA) is 91.4 Å². The average molecular weight is 255 g/mol. The smallest absolute Gasteiger partial charge is 0.178 e. The highest BCUT2D eigenvalue weighted by Crippen LogP contribution is 2.07. The molecular formula is C11H9N7O. The number of hydrogen-bond donors (Lipinski definition) is 0. The van der Waals surface area contributed by atoms with Crippen molar-refractivity contribution in [2.45, 2.75) is 6.54 Å². The Balaban J connectivity index is 1.90. The van der Waals surface area contributed by atoms with Gasteiger partial charge in [-0.25, -0.2) is 4.68 Å². The molecule has 0 aliphatic heterocycles. The molecule has 0 unspecified atom stereocenters. The lowest BCUT2D eigenvalue weighted by Gasteiger charge is -2.03. The summed E-state index contributed by atoms with van der Waals surface area (Å²) in [5.74, 6) is 0.605. The van der Waals surface area contributed by atoms with Crippen LogP contribution in [0.3, 0.4) is 0 Å². The lowest BCUT2D eigenvalue weighted by molar-refractivity contribution is 0.111. The second-order valence-electron chi connectivity index (χ2n) is 3.80. The van der Waals surface area contributed by atoms with Gasteiger partial charge in [-0.2, -0.15) is 4.68 Å². The second-order valence-corrected chi connectivity index (χ2v) is 3.80. The van der Waals surface area contributed by atoms with Gasteiger partial charge in [0.15, 0.2) is 12.1 Å². The molecule has 0 aliphatic carbocycles. The average Bonchev–Trinajstić information content (AvgIpc) is 3.09. The van der Waals surface area contributed by atoms with E-state index in [1.54, 1.807) is 4.68 Å². The molecule has 0 N–H and O–H groups in total. The molecule has 0 saturated carbocycles. The zero-order valence-electron chi connectivity index (χ0n) is 9.79. The minimum atomic E-state index is 0.277. The fourth-order valence-corrected chi connectivity index (χ4v) is 1.66. The fourth-order valence-electron chi connectivity index (χ4n) is 1.66. The lowest BCUT2D eigenvalue weighted by atomic mass is 10.3. The Morgan fingerprint density at radius 1 is 1.11 bits per heavy atom. The van der Waals surface area contributed by atoms with Crippen LogP contribution in [0.4, 0.5) is 0 Å². The van der Waals surface area contributed by atoms with E-state index in [0.717, 1.165) is 5.69 Å². The normalized spacial score (nSPS) is 10.5. The molecule has 19 heavy (non-hydrogen) atoms. The predicted molar refractivity (Wildman–Crippen MR) is 63.7 cm³/mol. The first-order valence-electron chi connectivity index (χ1n) is 5.55. The minimum absolute atomic E-state index is 0.277. The summed E-state index contributed by atoms with van der Waals surface area (Å²) in [5, 5.41) is 19.0. The lowest BCUT2D eigenvalue weighted by Crippen LogP contribution is -2.09. The van der Waals surface area contributed by atoms with Crippen LogP contribution in [0.25, 0.3) is 5.69 Å². The van der Waals surface area contributed by atoms with Crippen molar-refractivity contribution in [1.82, 2.24) is 35.2 Å². The second kappa shape index (κ2) is 4.77. The molecule has 0 aliphatic rings. The van der Waals surface area contributed by atoms with Gasteiger partial charge in [-0.15, -0.1) is 10.2 Å². The van der Waals surface area contributed by atoms with Gasteiger partial charge < -0.3 is 0 Å². The third-order valence-electron chi connectivity index (χ3n) is 2.52. The van der Waals surface area contributed by atoms with Gasteiger partial charge in [0, 0.05) is 0 Å². The predicted octanol–water partition coefficient (Wildman–Crippen LogP) is 0.115. The van der Waals surface area contributed by atoms with Gasteiger partial charge in [0.05, 0.1) is 11.9 Å². The molecular weight excluding hydrogens is 246 g/mol. The van der Waals surface area contributed by atoms with Crippen LogP contribution < -0.4 is 0 Å². The molecule has 3 aromatic rings. The van der Waals surface area contributed by atoms with Crippen molar-refractivity contribution >= 4 is 6.29 Å². The van der Waals surface area contributed by atoms with Gasteiger partial charge in [-0.05, 0) is 22.6 Å². The van der Waals surface area contributed by atoms with Crippen LogP contribution in [0.15, 0.2) is 36.5 Å². The number of nitrogens with zero attached hydrogens (tertiary/aromatic N) is 7. The van der Waals surface area contributed by atoms with E-state index in [4.69, 9.17) is 0 Å². The molecule has 94 valence electrons. The maximum Gasteiger partial charge on any atom is 0.178 e. The number of aldehydes is 1. The summed E-state index contributed by atoms with van der Waals surface area (Å²) < 4.78 is 3.12. The van der Waals surface area contributed by atoms with E-state index in [-0.39, 0.29) is 5.69 Å². The van der Waals surface area contributed by atoms with Gasteiger partial charge in [0.1, 0.15) is 12.2 Å². The van der Waals surface area contributed by atoms with Crippen molar-refractivity contribution in [3.63, 3.8) is 0 Å². The summed E-state index contributed by atoms with van der Waals surface area (Å²) in [4.78, 5) is 10.5. The number of para-hydroxylation sites is 1. The molecule has 2 heterocycles. The van der Waals surface area contributed by atoms with Crippen LogP contribution >= 0.6 is 0 Å². The van der Waals surface area contributed by atoms with Crippen molar-refractivity contribution in [2.24, 2.45) is 0 Å². The van der Waals surface area contributed by atoms with Crippen molar-refractivity contribution < 1.29 is 4.79 Å². The third kappa shape index (κ3) is 2.23. The largest absolute Gasteiger partial charge is 0.296 e. The SMILES string of the molecule is O=Cc1cn(Cc2nnnn2-c2ccccc2)nn1. The number of hydrogen-bond acceptors (Lipinski definition) is 6. The summed E-state index contributed by atoms with van der Waals surface area (Å²) in [6.07, 6.45) is 2.18. The first-order valence-corrected chi connectivity index (χ1v) is 5.55. The highest BCUT2D eigenvalue weighted by atomic mass is 16.1. The van der Waals surface area contributed by atoms with Crippen LogP contribution in [-0.2, 0) is 6.54 Å². The van der Waals surface area contributed by atoms with E-state index in [9.17, 15) is 4.79 Å². The standard InChI is InChI=1S/C11H9N7O/c19-8-9-6-17(15-12-9)7-11-13-14-16-18(11)10-4-2-1-3-5-10/h1-6,8H,7H2. The van der Waals surface area contributed by atoms with Gasteiger partial charge >= 0.3 is 0 Å². The number of carbonyl (C=O) groups excluding carboxylic acids is 1. The van der Waals surface area contributed by atoms with E-state index in [1.165, 1.54) is 10.9 Å². The van der Waals surface area contributed by atoms with Crippen molar-refractivity contribution in [2.75, 3.05) is 0 Å². The monoisotopic (exact) mass is 255 g/mol. The summed E-state index contributed by atoms with van der Waals surface area (Å²) in [7, 11) is 0. The summed E-state index contributed by atoms with van der Waals surface area (Å²) in [6.45, 7) is 0.336. The van der Waals surface area contributed by atoms with Gasteiger partial charge in [0.2, 0.25) is 0 Å². The fraction of sp³-hybridized carbons (Fsp3) is 0.0909. The molecule has 0 amide bonds. The Bertz CT molecular complexity index is 688. The van der Waals surface area contributed by atoms with Crippen LogP contribution in [0.1, 0.15) is 16.3 Å². The van der Waals surface area contributed by atoms with Crippen molar-refractivity contribution in [3.05, 3.63) is 48.0 Å². The Labute approximate surface area is 107 Å². The van der Waals surface area contributed by atoms with Crippen LogP contribution in [0.2, 0.25) is 0 Å². The van der Waals surface area contributed by atoms with E-state index < -0.39 is 0 Å². The van der Waals surface area contributed by atoms with Crippen molar-refractivity contribution in [1.29, 1.82) is 0 Å². The molecule has 0 atom stereocenters. The van der Waals surface area contributed by atoms with E-state index in [2.05, 4.69) is 25.8 Å². The van der Waals surface area contributed by atoms with E-state index in [1.807, 2.05) is 30.3 Å². The quantitative estimate of drug-likeness (QED) is 0.615. The Morgan fingerprint density at radius 2 is 1.95 bits per heavy atom. The molecule has 0 radical (unpaired) electrons. The number of benzene rings is 1. The maximum absolute atomic E-state index is 10.5. The summed E-state index contributed by atoms with van der Waals surface area (Å²) in [5.41, 5.74) is 1.14. The molecule has 2 aromatic heterocycles. The number of carbonyl (C=O) groups is 1. The zero-order chi connectivity index (χ0) is 13.1. The molecule has 0 spiro atoms. The van der Waals surface area contributed by atoms with E-state index in [0.29, 0.717) is 18.7 Å².